The van der Waals surface area contributed by atoms with Crippen molar-refractivity contribution in [2.24, 2.45) is 5.73 Å². The molecule has 0 aromatic heterocycles. The van der Waals surface area contributed by atoms with E-state index in [4.69, 9.17) is 5.73 Å². The number of carbonyl (C=O) groups excluding carboxylic acids is 1. The Morgan fingerprint density at radius 1 is 1.30 bits per heavy atom. The highest BCUT2D eigenvalue weighted by Gasteiger charge is 2.30. The van der Waals surface area contributed by atoms with E-state index in [1.165, 1.54) is 12.1 Å². The second-order valence-electron chi connectivity index (χ2n) is 3.67. The molecule has 0 aliphatic heterocycles. The molecule has 0 radical (unpaired) electrons. The molecular formula is C11H12F3N3O2S. The molecule has 0 aliphatic carbocycles. The van der Waals surface area contributed by atoms with E-state index in [9.17, 15) is 18.0 Å². The predicted molar refractivity (Wildman–Crippen MR) is 71.5 cm³/mol. The lowest BCUT2D eigenvalue weighted by atomic mass is 10.3. The van der Waals surface area contributed by atoms with E-state index in [0.29, 0.717) is 12.1 Å². The molecule has 5 nitrogen and oxygen atoms in total. The number of hydrogen-bond donors (Lipinski definition) is 3. The van der Waals surface area contributed by atoms with Gasteiger partial charge in [0.15, 0.2) is 0 Å². The Morgan fingerprint density at radius 2 is 1.90 bits per heavy atom. The van der Waals surface area contributed by atoms with Gasteiger partial charge in [0.25, 0.3) is 0 Å². The highest BCUT2D eigenvalue weighted by atomic mass is 32.1. The Hall–Kier alpha value is -2.03. The molecule has 1 rings (SSSR count). The van der Waals surface area contributed by atoms with Crippen molar-refractivity contribution in [2.45, 2.75) is 12.8 Å². The molecule has 0 spiro atoms. The van der Waals surface area contributed by atoms with Crippen LogP contribution in [0.2, 0.25) is 0 Å². The van der Waals surface area contributed by atoms with Gasteiger partial charge in [0, 0.05) is 18.7 Å². The number of amides is 2. The van der Waals surface area contributed by atoms with Crippen molar-refractivity contribution in [3.63, 3.8) is 0 Å². The Morgan fingerprint density at radius 3 is 2.40 bits per heavy atom. The van der Waals surface area contributed by atoms with E-state index in [1.54, 1.807) is 0 Å². The normalized spacial score (nSPS) is 10.8. The molecule has 0 heterocycles. The summed E-state index contributed by atoms with van der Waals surface area (Å²) in [5.41, 5.74) is 5.58. The molecule has 0 saturated carbocycles. The van der Waals surface area contributed by atoms with Gasteiger partial charge in [0.05, 0.1) is 4.99 Å². The molecule has 1 aromatic rings. The van der Waals surface area contributed by atoms with Crippen LogP contribution in [-0.4, -0.2) is 23.9 Å². The van der Waals surface area contributed by atoms with Crippen LogP contribution in [0.3, 0.4) is 0 Å². The van der Waals surface area contributed by atoms with Gasteiger partial charge in [0.2, 0.25) is 0 Å². The zero-order valence-electron chi connectivity index (χ0n) is 10.2. The SMILES string of the molecule is NC(=S)CCNC(=O)Nc1ccc(OC(F)(F)F)cc1. The number of rotatable bonds is 5. The minimum Gasteiger partial charge on any atom is -0.406 e. The first-order valence-corrected chi connectivity index (χ1v) is 5.86. The first-order chi connectivity index (χ1) is 9.26. The van der Waals surface area contributed by atoms with Gasteiger partial charge in [0.1, 0.15) is 5.75 Å². The number of anilines is 1. The van der Waals surface area contributed by atoms with Gasteiger partial charge in [-0.3, -0.25) is 0 Å². The summed E-state index contributed by atoms with van der Waals surface area (Å²) >= 11 is 4.64. The summed E-state index contributed by atoms with van der Waals surface area (Å²) in [4.78, 5) is 11.7. The number of nitrogens with two attached hydrogens (primary N) is 1. The minimum atomic E-state index is -4.74. The van der Waals surface area contributed by atoms with Gasteiger partial charge in [-0.05, 0) is 24.3 Å². The standard InChI is InChI=1S/C11H12F3N3O2S/c12-11(13,14)19-8-3-1-7(2-4-8)17-10(18)16-6-5-9(15)20/h1-4H,5-6H2,(H2,15,20)(H2,16,17,18). The van der Waals surface area contributed by atoms with Crippen molar-refractivity contribution in [1.82, 2.24) is 5.32 Å². The molecule has 0 saturated heterocycles. The quantitative estimate of drug-likeness (QED) is 0.730. The van der Waals surface area contributed by atoms with Crippen molar-refractivity contribution in [3.8, 4) is 5.75 Å². The Balaban J connectivity index is 2.45. The second-order valence-corrected chi connectivity index (χ2v) is 4.19. The van der Waals surface area contributed by atoms with Gasteiger partial charge in [-0.15, -0.1) is 13.2 Å². The largest absolute Gasteiger partial charge is 0.573 e. The predicted octanol–water partition coefficient (Wildman–Crippen LogP) is 2.38. The zero-order valence-corrected chi connectivity index (χ0v) is 11.0. The van der Waals surface area contributed by atoms with Crippen LogP contribution >= 0.6 is 12.2 Å². The number of urea groups is 1. The lowest BCUT2D eigenvalue weighted by Crippen LogP contribution is -2.31. The van der Waals surface area contributed by atoms with Crippen molar-refractivity contribution >= 4 is 28.9 Å². The van der Waals surface area contributed by atoms with E-state index >= 15 is 0 Å². The molecule has 0 fully saturated rings. The fourth-order valence-corrected chi connectivity index (χ4v) is 1.32. The minimum absolute atomic E-state index is 0.274. The maximum absolute atomic E-state index is 11.9. The van der Waals surface area contributed by atoms with E-state index in [1.807, 2.05) is 0 Å². The van der Waals surface area contributed by atoms with Gasteiger partial charge < -0.3 is 21.1 Å². The monoisotopic (exact) mass is 307 g/mol. The number of thiocarbonyl (C=S) groups is 1. The molecule has 0 aliphatic rings. The van der Waals surface area contributed by atoms with Gasteiger partial charge in [-0.25, -0.2) is 4.79 Å². The lowest BCUT2D eigenvalue weighted by molar-refractivity contribution is -0.274. The van der Waals surface area contributed by atoms with Gasteiger partial charge >= 0.3 is 12.4 Å². The number of ether oxygens (including phenoxy) is 1. The van der Waals surface area contributed by atoms with Crippen LogP contribution < -0.4 is 21.1 Å². The zero-order chi connectivity index (χ0) is 15.2. The summed E-state index contributed by atoms with van der Waals surface area (Å²) in [6.07, 6.45) is -4.38. The molecule has 0 unspecified atom stereocenters. The third-order valence-electron chi connectivity index (χ3n) is 2.00. The third-order valence-corrected chi connectivity index (χ3v) is 2.21. The molecule has 0 atom stereocenters. The van der Waals surface area contributed by atoms with Gasteiger partial charge in [-0.1, -0.05) is 12.2 Å². The van der Waals surface area contributed by atoms with Crippen LogP contribution in [0.25, 0.3) is 0 Å². The highest BCUT2D eigenvalue weighted by Crippen LogP contribution is 2.23. The summed E-state index contributed by atoms with van der Waals surface area (Å²) in [5, 5.41) is 4.92. The summed E-state index contributed by atoms with van der Waals surface area (Å²) < 4.78 is 39.5. The average molecular weight is 307 g/mol. The van der Waals surface area contributed by atoms with Crippen LogP contribution in [0.15, 0.2) is 24.3 Å². The van der Waals surface area contributed by atoms with Crippen molar-refractivity contribution in [3.05, 3.63) is 24.3 Å². The van der Waals surface area contributed by atoms with E-state index < -0.39 is 12.4 Å². The molecule has 2 amide bonds. The molecule has 4 N–H and O–H groups in total. The lowest BCUT2D eigenvalue weighted by Gasteiger charge is -2.10. The first kappa shape index (κ1) is 16.0. The smallest absolute Gasteiger partial charge is 0.406 e. The third kappa shape index (κ3) is 6.78. The summed E-state index contributed by atoms with van der Waals surface area (Å²) in [6, 6.07) is 4.25. The Bertz CT molecular complexity index is 477. The fraction of sp³-hybridized carbons (Fsp3) is 0.273. The fourth-order valence-electron chi connectivity index (χ4n) is 1.21. The number of alkyl halides is 3. The van der Waals surface area contributed by atoms with Crippen LogP contribution in [0.1, 0.15) is 6.42 Å². The van der Waals surface area contributed by atoms with Crippen LogP contribution in [0, 0.1) is 0 Å². The molecule has 20 heavy (non-hydrogen) atoms. The average Bonchev–Trinajstić information content (AvgIpc) is 2.29. The second kappa shape index (κ2) is 6.94. The molecule has 0 bridgehead atoms. The maximum atomic E-state index is 11.9. The van der Waals surface area contributed by atoms with Crippen LogP contribution in [0.4, 0.5) is 23.7 Å². The summed E-state index contributed by atoms with van der Waals surface area (Å²) in [6.45, 7) is 0.274. The number of benzene rings is 1. The number of halogens is 3. The molecular weight excluding hydrogens is 295 g/mol. The highest BCUT2D eigenvalue weighted by molar-refractivity contribution is 7.80. The van der Waals surface area contributed by atoms with E-state index in [0.717, 1.165) is 12.1 Å². The number of nitrogens with one attached hydrogen (secondary N) is 2. The van der Waals surface area contributed by atoms with E-state index in [-0.39, 0.29) is 17.3 Å². The Labute approximate surface area is 118 Å². The Kier molecular flexibility index (Phi) is 5.56. The summed E-state index contributed by atoms with van der Waals surface area (Å²) in [5.74, 6) is -0.364. The molecule has 9 heteroatoms. The topological polar surface area (TPSA) is 76.4 Å². The van der Waals surface area contributed by atoms with Crippen molar-refractivity contribution in [1.29, 1.82) is 0 Å². The van der Waals surface area contributed by atoms with Crippen molar-refractivity contribution < 1.29 is 22.7 Å². The van der Waals surface area contributed by atoms with Crippen LogP contribution in [0.5, 0.6) is 5.75 Å². The van der Waals surface area contributed by atoms with Crippen molar-refractivity contribution in [2.75, 3.05) is 11.9 Å². The van der Waals surface area contributed by atoms with E-state index in [2.05, 4.69) is 27.6 Å². The first-order valence-electron chi connectivity index (χ1n) is 5.45. The van der Waals surface area contributed by atoms with Crippen LogP contribution in [-0.2, 0) is 0 Å². The molecule has 1 aromatic carbocycles. The maximum Gasteiger partial charge on any atom is 0.573 e. The number of carbonyl (C=O) groups is 1. The number of hydrogen-bond acceptors (Lipinski definition) is 3. The summed E-state index contributed by atoms with van der Waals surface area (Å²) in [7, 11) is 0. The van der Waals surface area contributed by atoms with Gasteiger partial charge in [-0.2, -0.15) is 0 Å². The molecule has 110 valence electrons.